The molecule has 0 saturated carbocycles. The first-order valence-electron chi connectivity index (χ1n) is 7.20. The van der Waals surface area contributed by atoms with Crippen LogP contribution in [-0.4, -0.2) is 12.7 Å². The normalized spacial score (nSPS) is 23.0. The minimum atomic E-state index is -0.375. The van der Waals surface area contributed by atoms with E-state index >= 15 is 0 Å². The summed E-state index contributed by atoms with van der Waals surface area (Å²) in [6, 6.07) is 16.1. The number of nitrogens with two attached hydrogens (primary N) is 1. The zero-order chi connectivity index (χ0) is 15.0. The number of fused-ring (bicyclic) bond motifs is 1. The number of hydrogen-bond acceptors (Lipinski definition) is 3. The highest BCUT2D eigenvalue weighted by molar-refractivity contribution is 5.47. The monoisotopic (exact) mass is 283 g/mol. The van der Waals surface area contributed by atoms with Gasteiger partial charge in [-0.25, -0.2) is 0 Å². The lowest BCUT2D eigenvalue weighted by Crippen LogP contribution is -2.45. The maximum Gasteiger partial charge on any atom is 0.128 e. The van der Waals surface area contributed by atoms with Gasteiger partial charge in [0.2, 0.25) is 0 Å². The molecule has 0 fully saturated rings. The highest BCUT2D eigenvalue weighted by Gasteiger charge is 2.43. The summed E-state index contributed by atoms with van der Waals surface area (Å²) >= 11 is 0. The van der Waals surface area contributed by atoms with Crippen LogP contribution in [0.3, 0.4) is 0 Å². The lowest BCUT2D eigenvalue weighted by Gasteiger charge is -2.44. The van der Waals surface area contributed by atoms with Gasteiger partial charge in [-0.1, -0.05) is 36.4 Å². The van der Waals surface area contributed by atoms with Crippen molar-refractivity contribution in [3.8, 4) is 11.5 Å². The van der Waals surface area contributed by atoms with Crippen molar-refractivity contribution in [3.05, 3.63) is 59.7 Å². The second kappa shape index (κ2) is 5.08. The Bertz CT molecular complexity index is 637. The Balaban J connectivity index is 2.08. The number of methoxy groups -OCH3 is 1. The van der Waals surface area contributed by atoms with Gasteiger partial charge in [0.1, 0.15) is 17.1 Å². The topological polar surface area (TPSA) is 44.5 Å². The van der Waals surface area contributed by atoms with Crippen LogP contribution in [0.5, 0.6) is 11.5 Å². The predicted octanol–water partition coefficient (Wildman–Crippen LogP) is 3.65. The number of ether oxygens (including phenoxy) is 2. The van der Waals surface area contributed by atoms with E-state index in [2.05, 4.69) is 26.0 Å². The van der Waals surface area contributed by atoms with Gasteiger partial charge in [0.05, 0.1) is 7.11 Å². The molecule has 2 unspecified atom stereocenters. The SMILES string of the molecule is COc1ccc2c(c1)OC(C)(C)C(c1ccccc1)C2N. The second-order valence-corrected chi connectivity index (χ2v) is 6.02. The molecule has 110 valence electrons. The molecule has 1 aliphatic rings. The van der Waals surface area contributed by atoms with Crippen molar-refractivity contribution in [2.75, 3.05) is 7.11 Å². The molecule has 1 heterocycles. The van der Waals surface area contributed by atoms with Gasteiger partial charge in [-0.15, -0.1) is 0 Å². The van der Waals surface area contributed by atoms with Crippen molar-refractivity contribution in [2.45, 2.75) is 31.4 Å². The van der Waals surface area contributed by atoms with E-state index in [1.807, 2.05) is 36.4 Å². The lowest BCUT2D eigenvalue weighted by molar-refractivity contribution is 0.0476. The van der Waals surface area contributed by atoms with Gasteiger partial charge in [0, 0.05) is 23.6 Å². The average Bonchev–Trinajstić information content (AvgIpc) is 2.46. The van der Waals surface area contributed by atoms with Gasteiger partial charge < -0.3 is 15.2 Å². The lowest BCUT2D eigenvalue weighted by atomic mass is 9.75. The van der Waals surface area contributed by atoms with E-state index in [0.717, 1.165) is 17.1 Å². The van der Waals surface area contributed by atoms with Gasteiger partial charge in [0.25, 0.3) is 0 Å². The van der Waals surface area contributed by atoms with Gasteiger partial charge >= 0.3 is 0 Å². The molecule has 2 aromatic carbocycles. The van der Waals surface area contributed by atoms with Crippen molar-refractivity contribution in [3.63, 3.8) is 0 Å². The Hall–Kier alpha value is -2.00. The van der Waals surface area contributed by atoms with E-state index in [1.165, 1.54) is 5.56 Å². The smallest absolute Gasteiger partial charge is 0.128 e. The van der Waals surface area contributed by atoms with Crippen LogP contribution in [-0.2, 0) is 0 Å². The van der Waals surface area contributed by atoms with Gasteiger partial charge in [0.15, 0.2) is 0 Å². The van der Waals surface area contributed by atoms with Gasteiger partial charge in [-0.05, 0) is 25.5 Å². The molecule has 0 aliphatic carbocycles. The molecule has 0 amide bonds. The molecule has 3 heteroatoms. The van der Waals surface area contributed by atoms with Crippen LogP contribution in [0.1, 0.15) is 36.9 Å². The quantitative estimate of drug-likeness (QED) is 0.915. The molecular formula is C18H21NO2. The number of benzene rings is 2. The first-order chi connectivity index (χ1) is 10.0. The van der Waals surface area contributed by atoms with E-state index in [0.29, 0.717) is 0 Å². The van der Waals surface area contributed by atoms with Crippen LogP contribution in [0.4, 0.5) is 0 Å². The fourth-order valence-corrected chi connectivity index (χ4v) is 3.23. The Morgan fingerprint density at radius 3 is 2.48 bits per heavy atom. The largest absolute Gasteiger partial charge is 0.497 e. The van der Waals surface area contributed by atoms with Crippen molar-refractivity contribution >= 4 is 0 Å². The van der Waals surface area contributed by atoms with Crippen LogP contribution < -0.4 is 15.2 Å². The summed E-state index contributed by atoms with van der Waals surface area (Å²) in [7, 11) is 1.66. The molecular weight excluding hydrogens is 262 g/mol. The molecule has 2 aromatic rings. The van der Waals surface area contributed by atoms with Crippen LogP contribution >= 0.6 is 0 Å². The van der Waals surface area contributed by atoms with E-state index in [-0.39, 0.29) is 17.6 Å². The van der Waals surface area contributed by atoms with E-state index in [1.54, 1.807) is 7.11 Å². The zero-order valence-corrected chi connectivity index (χ0v) is 12.7. The van der Waals surface area contributed by atoms with Gasteiger partial charge in [-0.2, -0.15) is 0 Å². The fraction of sp³-hybridized carbons (Fsp3) is 0.333. The molecule has 0 saturated heterocycles. The Morgan fingerprint density at radius 1 is 1.10 bits per heavy atom. The molecule has 3 nitrogen and oxygen atoms in total. The molecule has 2 N–H and O–H groups in total. The van der Waals surface area contributed by atoms with Crippen molar-refractivity contribution in [1.29, 1.82) is 0 Å². The summed E-state index contributed by atoms with van der Waals surface area (Å²) in [5, 5.41) is 0. The summed E-state index contributed by atoms with van der Waals surface area (Å²) in [5.41, 5.74) is 8.43. The van der Waals surface area contributed by atoms with Crippen molar-refractivity contribution in [2.24, 2.45) is 5.73 Å². The molecule has 3 rings (SSSR count). The molecule has 21 heavy (non-hydrogen) atoms. The number of hydrogen-bond donors (Lipinski definition) is 1. The highest BCUT2D eigenvalue weighted by Crippen LogP contribution is 2.48. The van der Waals surface area contributed by atoms with Crippen LogP contribution in [0, 0.1) is 0 Å². The molecule has 0 radical (unpaired) electrons. The van der Waals surface area contributed by atoms with Crippen LogP contribution in [0.2, 0.25) is 0 Å². The first-order valence-corrected chi connectivity index (χ1v) is 7.20. The Kier molecular flexibility index (Phi) is 3.38. The summed E-state index contributed by atoms with van der Waals surface area (Å²) in [6.07, 6.45) is 0. The average molecular weight is 283 g/mol. The van der Waals surface area contributed by atoms with E-state index in [4.69, 9.17) is 15.2 Å². The summed E-state index contributed by atoms with van der Waals surface area (Å²) in [4.78, 5) is 0. The third-order valence-corrected chi connectivity index (χ3v) is 4.22. The van der Waals surface area contributed by atoms with Crippen molar-refractivity contribution in [1.82, 2.24) is 0 Å². The summed E-state index contributed by atoms with van der Waals surface area (Å²) < 4.78 is 11.5. The molecule has 0 bridgehead atoms. The van der Waals surface area contributed by atoms with Crippen LogP contribution in [0.25, 0.3) is 0 Å². The van der Waals surface area contributed by atoms with Crippen LogP contribution in [0.15, 0.2) is 48.5 Å². The highest BCUT2D eigenvalue weighted by atomic mass is 16.5. The molecule has 0 spiro atoms. The first kappa shape index (κ1) is 14.0. The fourth-order valence-electron chi connectivity index (χ4n) is 3.23. The minimum absolute atomic E-state index is 0.0999. The summed E-state index contributed by atoms with van der Waals surface area (Å²) in [5.74, 6) is 1.72. The third-order valence-electron chi connectivity index (χ3n) is 4.22. The van der Waals surface area contributed by atoms with Gasteiger partial charge in [-0.3, -0.25) is 0 Å². The zero-order valence-electron chi connectivity index (χ0n) is 12.7. The standard InChI is InChI=1S/C18H21NO2/c1-18(2)16(12-7-5-4-6-8-12)17(19)14-10-9-13(20-3)11-15(14)21-18/h4-11,16-17H,19H2,1-3H3. The Morgan fingerprint density at radius 2 is 1.81 bits per heavy atom. The predicted molar refractivity (Wildman–Crippen MR) is 83.8 cm³/mol. The van der Waals surface area contributed by atoms with Crippen molar-refractivity contribution < 1.29 is 9.47 Å². The molecule has 1 aliphatic heterocycles. The number of rotatable bonds is 2. The second-order valence-electron chi connectivity index (χ2n) is 6.02. The molecule has 0 aromatic heterocycles. The minimum Gasteiger partial charge on any atom is -0.497 e. The maximum absolute atomic E-state index is 6.57. The third kappa shape index (κ3) is 2.38. The Labute approximate surface area is 125 Å². The van der Waals surface area contributed by atoms with E-state index < -0.39 is 0 Å². The molecule has 2 atom stereocenters. The maximum atomic E-state index is 6.57. The van der Waals surface area contributed by atoms with E-state index in [9.17, 15) is 0 Å². The summed E-state index contributed by atoms with van der Waals surface area (Å²) in [6.45, 7) is 4.18.